The molecule has 1 aromatic rings. The lowest BCUT2D eigenvalue weighted by atomic mass is 9.57. The zero-order valence-electron chi connectivity index (χ0n) is 18.2. The fourth-order valence-electron chi connectivity index (χ4n) is 4.22. The summed E-state index contributed by atoms with van der Waals surface area (Å²) in [5, 5.41) is 12.0. The monoisotopic (exact) mass is 388 g/mol. The molecule has 1 aliphatic rings. The van der Waals surface area contributed by atoms with Crippen molar-refractivity contribution in [2.75, 3.05) is 21.0 Å². The van der Waals surface area contributed by atoms with Crippen LogP contribution in [0.25, 0.3) is 0 Å². The van der Waals surface area contributed by atoms with Gasteiger partial charge in [0.25, 0.3) is 0 Å². The molecule has 0 aromatic heterocycles. The van der Waals surface area contributed by atoms with Gasteiger partial charge in [0, 0.05) is 24.5 Å². The van der Waals surface area contributed by atoms with Crippen molar-refractivity contribution in [3.63, 3.8) is 0 Å². The number of hydrogen-bond donors (Lipinski definition) is 1. The predicted octanol–water partition coefficient (Wildman–Crippen LogP) is 5.30. The van der Waals surface area contributed by atoms with Crippen molar-refractivity contribution in [2.24, 2.45) is 11.3 Å². The maximum absolute atomic E-state index is 12.0. The van der Waals surface area contributed by atoms with Gasteiger partial charge in [-0.15, -0.1) is 0 Å². The molecular weight excluding hydrogens is 352 g/mol. The van der Waals surface area contributed by atoms with Crippen LogP contribution >= 0.6 is 0 Å². The Bertz CT molecular complexity index is 705. The van der Waals surface area contributed by atoms with E-state index in [9.17, 15) is 5.11 Å². The fourth-order valence-corrected chi connectivity index (χ4v) is 4.22. The lowest BCUT2D eigenvalue weighted by molar-refractivity contribution is -0.118. The van der Waals surface area contributed by atoms with Crippen LogP contribution < -0.4 is 9.47 Å². The van der Waals surface area contributed by atoms with E-state index in [1.54, 1.807) is 14.2 Å². The van der Waals surface area contributed by atoms with Gasteiger partial charge in [-0.2, -0.15) is 0 Å². The summed E-state index contributed by atoms with van der Waals surface area (Å²) >= 11 is 0. The largest absolute Gasteiger partial charge is 0.497 e. The van der Waals surface area contributed by atoms with E-state index < -0.39 is 5.60 Å². The van der Waals surface area contributed by atoms with Crippen molar-refractivity contribution in [1.82, 2.24) is 0 Å². The molecule has 156 valence electrons. The first-order chi connectivity index (χ1) is 13.3. The third-order valence-corrected chi connectivity index (χ3v) is 6.09. The second-order valence-electron chi connectivity index (χ2n) is 8.44. The van der Waals surface area contributed by atoms with Crippen LogP contribution in [0, 0.1) is 11.3 Å². The Labute approximate surface area is 170 Å². The maximum atomic E-state index is 12.0. The number of aliphatic hydroxyl groups is 1. The van der Waals surface area contributed by atoms with E-state index in [1.807, 2.05) is 18.2 Å². The average molecular weight is 389 g/mol. The van der Waals surface area contributed by atoms with Crippen LogP contribution in [0.5, 0.6) is 11.5 Å². The number of allylic oxidation sites excluding steroid dienone is 3. The summed E-state index contributed by atoms with van der Waals surface area (Å²) in [6.07, 6.45) is 9.96. The molecule has 0 bridgehead atoms. The quantitative estimate of drug-likeness (QED) is 0.485. The second kappa shape index (κ2) is 9.62. The first-order valence-electron chi connectivity index (χ1n) is 10.1. The Morgan fingerprint density at radius 1 is 1.29 bits per heavy atom. The van der Waals surface area contributed by atoms with Crippen molar-refractivity contribution in [3.8, 4) is 11.5 Å². The average Bonchev–Trinajstić information content (AvgIpc) is 2.65. The lowest BCUT2D eigenvalue weighted by Gasteiger charge is -2.51. The highest BCUT2D eigenvalue weighted by atomic mass is 16.7. The molecule has 0 unspecified atom stereocenters. The van der Waals surface area contributed by atoms with Crippen molar-refractivity contribution in [2.45, 2.75) is 59.0 Å². The summed E-state index contributed by atoms with van der Waals surface area (Å²) < 4.78 is 16.3. The van der Waals surface area contributed by atoms with E-state index in [0.29, 0.717) is 6.42 Å². The van der Waals surface area contributed by atoms with Gasteiger partial charge in [0.1, 0.15) is 11.5 Å². The van der Waals surface area contributed by atoms with E-state index in [2.05, 4.69) is 45.9 Å². The summed E-state index contributed by atoms with van der Waals surface area (Å²) in [5.41, 5.74) is 0.984. The number of hydrogen-bond acceptors (Lipinski definition) is 4. The van der Waals surface area contributed by atoms with Crippen molar-refractivity contribution >= 4 is 0 Å². The van der Waals surface area contributed by atoms with E-state index in [1.165, 1.54) is 5.57 Å². The molecule has 1 N–H and O–H groups in total. The van der Waals surface area contributed by atoms with Gasteiger partial charge >= 0.3 is 0 Å². The Morgan fingerprint density at radius 3 is 2.68 bits per heavy atom. The van der Waals surface area contributed by atoms with Crippen LogP contribution in [-0.2, 0) is 11.2 Å². The Hall–Kier alpha value is -1.78. The predicted molar refractivity (Wildman–Crippen MR) is 114 cm³/mol. The Kier molecular flexibility index (Phi) is 7.73. The molecule has 4 heteroatoms. The summed E-state index contributed by atoms with van der Waals surface area (Å²) in [6.45, 7) is 8.66. The first-order valence-corrected chi connectivity index (χ1v) is 10.1. The molecule has 1 aliphatic carbocycles. The smallest absolute Gasteiger partial charge is 0.188 e. The third-order valence-electron chi connectivity index (χ3n) is 6.09. The zero-order chi connectivity index (χ0) is 20.8. The number of ether oxygens (including phenoxy) is 3. The van der Waals surface area contributed by atoms with Gasteiger partial charge in [-0.1, -0.05) is 44.1 Å². The summed E-state index contributed by atoms with van der Waals surface area (Å²) in [7, 11) is 3.25. The summed E-state index contributed by atoms with van der Waals surface area (Å²) in [4.78, 5) is 0. The highest BCUT2D eigenvalue weighted by Gasteiger charge is 2.51. The van der Waals surface area contributed by atoms with Crippen LogP contribution in [0.2, 0.25) is 0 Å². The molecule has 3 atom stereocenters. The molecule has 0 saturated heterocycles. The minimum Gasteiger partial charge on any atom is -0.497 e. The second-order valence-corrected chi connectivity index (χ2v) is 8.44. The molecule has 2 rings (SSSR count). The van der Waals surface area contributed by atoms with Gasteiger partial charge in [-0.3, -0.25) is 0 Å². The van der Waals surface area contributed by atoms with Gasteiger partial charge in [0.15, 0.2) is 6.79 Å². The van der Waals surface area contributed by atoms with Crippen molar-refractivity contribution in [1.29, 1.82) is 0 Å². The van der Waals surface area contributed by atoms with Crippen LogP contribution in [0.1, 0.15) is 52.5 Å². The van der Waals surface area contributed by atoms with E-state index >= 15 is 0 Å². The van der Waals surface area contributed by atoms with E-state index in [0.717, 1.165) is 36.3 Å². The Morgan fingerprint density at radius 2 is 2.04 bits per heavy atom. The molecule has 0 spiro atoms. The molecule has 0 radical (unpaired) electrons. The highest BCUT2D eigenvalue weighted by molar-refractivity contribution is 5.42. The first kappa shape index (κ1) is 22.5. The molecular formula is C24H36O4. The Balaban J connectivity index is 2.43. The molecule has 1 aromatic carbocycles. The van der Waals surface area contributed by atoms with E-state index in [-0.39, 0.29) is 18.1 Å². The third kappa shape index (κ3) is 4.98. The zero-order valence-corrected chi connectivity index (χ0v) is 18.2. The fraction of sp³-hybridized carbons (Fsp3) is 0.583. The topological polar surface area (TPSA) is 47.9 Å². The van der Waals surface area contributed by atoms with Gasteiger partial charge in [0.05, 0.1) is 12.7 Å². The minimum atomic E-state index is -0.880. The highest BCUT2D eigenvalue weighted by Crippen LogP contribution is 2.51. The van der Waals surface area contributed by atoms with Crippen LogP contribution in [-0.4, -0.2) is 31.7 Å². The normalized spacial score (nSPS) is 27.6. The van der Waals surface area contributed by atoms with Gasteiger partial charge in [-0.05, 0) is 50.8 Å². The van der Waals surface area contributed by atoms with Crippen LogP contribution in [0.3, 0.4) is 0 Å². The van der Waals surface area contributed by atoms with Crippen molar-refractivity contribution in [3.05, 3.63) is 47.6 Å². The van der Waals surface area contributed by atoms with Gasteiger partial charge in [0.2, 0.25) is 0 Å². The maximum Gasteiger partial charge on any atom is 0.188 e. The van der Waals surface area contributed by atoms with Gasteiger partial charge < -0.3 is 19.3 Å². The minimum absolute atomic E-state index is 0.170. The van der Waals surface area contributed by atoms with Gasteiger partial charge in [-0.25, -0.2) is 0 Å². The standard InChI is InChI=1S/C24H36O4/c1-18(2)9-7-13-23(4)14-8-10-19(3)24(23,25)16-20-15-21(27-6)11-12-22(20)28-17-26-5/h7,9,11-13,15,19,25H,8,10,14,16-17H2,1-6H3/b13-7+/t19-,23-,24+/m0/s1. The number of benzene rings is 1. The number of rotatable bonds is 8. The molecule has 4 nitrogen and oxygen atoms in total. The summed E-state index contributed by atoms with van der Waals surface area (Å²) in [6, 6.07) is 5.72. The molecule has 0 amide bonds. The van der Waals surface area contributed by atoms with E-state index in [4.69, 9.17) is 14.2 Å². The lowest BCUT2D eigenvalue weighted by Crippen LogP contribution is -2.54. The summed E-state index contributed by atoms with van der Waals surface area (Å²) in [5.74, 6) is 1.65. The number of methoxy groups -OCH3 is 2. The van der Waals surface area contributed by atoms with Crippen LogP contribution in [0.15, 0.2) is 42.0 Å². The van der Waals surface area contributed by atoms with Crippen molar-refractivity contribution < 1.29 is 19.3 Å². The molecule has 1 saturated carbocycles. The van der Waals surface area contributed by atoms with Crippen LogP contribution in [0.4, 0.5) is 0 Å². The SMILES string of the molecule is COCOc1ccc(OC)cc1C[C@@]1(O)[C@@H](C)CCC[C@]1(C)/C=C/C=C(C)C. The molecule has 0 aliphatic heterocycles. The molecule has 28 heavy (non-hydrogen) atoms. The molecule has 0 heterocycles. The molecule has 1 fully saturated rings.